The molecule has 3 aromatic carbocycles. The highest BCUT2D eigenvalue weighted by Crippen LogP contribution is 2.31. The van der Waals surface area contributed by atoms with Gasteiger partial charge in [-0.3, -0.25) is 0 Å². The highest BCUT2D eigenvalue weighted by molar-refractivity contribution is 5.35. The summed E-state index contributed by atoms with van der Waals surface area (Å²) in [6.45, 7) is 4.40. The Kier molecular flexibility index (Phi) is 5.80. The molecule has 0 heterocycles. The van der Waals surface area contributed by atoms with Gasteiger partial charge in [0.25, 0.3) is 0 Å². The number of phenols is 1. The minimum atomic E-state index is -0.355. The van der Waals surface area contributed by atoms with Crippen molar-refractivity contribution < 1.29 is 14.2 Å². The van der Waals surface area contributed by atoms with Crippen molar-refractivity contribution in [2.75, 3.05) is 0 Å². The predicted molar refractivity (Wildman–Crippen MR) is 107 cm³/mol. The number of para-hydroxylation sites is 1. The van der Waals surface area contributed by atoms with Crippen molar-refractivity contribution >= 4 is 0 Å². The smallest absolute Gasteiger partial charge is 0.165 e. The molecule has 0 spiro atoms. The van der Waals surface area contributed by atoms with Crippen LogP contribution in [0.2, 0.25) is 0 Å². The Morgan fingerprint density at radius 2 is 1.63 bits per heavy atom. The molecule has 0 radical (unpaired) electrons. The number of benzene rings is 3. The summed E-state index contributed by atoms with van der Waals surface area (Å²) in [5, 5.41) is 9.46. The molecule has 3 rings (SSSR count). The second-order valence-corrected chi connectivity index (χ2v) is 7.46. The van der Waals surface area contributed by atoms with Crippen LogP contribution >= 0.6 is 0 Å². The number of halogens is 1. The topological polar surface area (TPSA) is 29.5 Å². The largest absolute Gasteiger partial charge is 0.508 e. The van der Waals surface area contributed by atoms with Crippen molar-refractivity contribution in [3.05, 3.63) is 89.7 Å². The molecule has 0 bridgehead atoms. The molecule has 27 heavy (non-hydrogen) atoms. The van der Waals surface area contributed by atoms with Gasteiger partial charge in [0.1, 0.15) is 11.5 Å². The van der Waals surface area contributed by atoms with E-state index in [4.69, 9.17) is 4.74 Å². The SMILES string of the molecule is CC(C)(CCCc1ccc(F)c(Oc2ccccc2)c1)c1ccc(O)cc1. The Bertz CT molecular complexity index is 871. The zero-order chi connectivity index (χ0) is 19.3. The number of phenolic OH excluding ortho intramolecular Hbond substituents is 1. The molecule has 1 N–H and O–H groups in total. The van der Waals surface area contributed by atoms with Gasteiger partial charge >= 0.3 is 0 Å². The summed E-state index contributed by atoms with van der Waals surface area (Å²) in [5.41, 5.74) is 2.27. The molecule has 0 amide bonds. The van der Waals surface area contributed by atoms with E-state index >= 15 is 0 Å². The van der Waals surface area contributed by atoms with Gasteiger partial charge in [0.05, 0.1) is 0 Å². The summed E-state index contributed by atoms with van der Waals surface area (Å²) in [7, 11) is 0. The van der Waals surface area contributed by atoms with Crippen molar-refractivity contribution in [3.63, 3.8) is 0 Å². The first-order chi connectivity index (χ1) is 12.9. The van der Waals surface area contributed by atoms with Crippen LogP contribution in [0.15, 0.2) is 72.8 Å². The molecule has 3 heteroatoms. The number of rotatable bonds is 7. The van der Waals surface area contributed by atoms with E-state index in [9.17, 15) is 9.50 Å². The van der Waals surface area contributed by atoms with Crippen LogP contribution in [0.1, 0.15) is 37.8 Å². The number of hydrogen-bond acceptors (Lipinski definition) is 2. The third-order valence-corrected chi connectivity index (χ3v) is 4.88. The first kappa shape index (κ1) is 19.0. The summed E-state index contributed by atoms with van der Waals surface area (Å²) in [5.74, 6) is 0.817. The van der Waals surface area contributed by atoms with Crippen LogP contribution in [0.25, 0.3) is 0 Å². The number of aromatic hydroxyl groups is 1. The van der Waals surface area contributed by atoms with Gasteiger partial charge in [-0.2, -0.15) is 0 Å². The Balaban J connectivity index is 1.62. The molecular formula is C24H25FO2. The van der Waals surface area contributed by atoms with Crippen LogP contribution in [0.3, 0.4) is 0 Å². The molecule has 140 valence electrons. The molecule has 0 aliphatic rings. The lowest BCUT2D eigenvalue weighted by Crippen LogP contribution is -2.17. The molecule has 0 aliphatic carbocycles. The van der Waals surface area contributed by atoms with Crippen molar-refractivity contribution in [1.82, 2.24) is 0 Å². The van der Waals surface area contributed by atoms with Gasteiger partial charge in [-0.15, -0.1) is 0 Å². The van der Waals surface area contributed by atoms with Crippen LogP contribution in [-0.2, 0) is 11.8 Å². The van der Waals surface area contributed by atoms with Crippen LogP contribution in [0, 0.1) is 5.82 Å². The van der Waals surface area contributed by atoms with E-state index in [1.165, 1.54) is 11.6 Å². The maximum atomic E-state index is 14.1. The minimum Gasteiger partial charge on any atom is -0.508 e. The average molecular weight is 364 g/mol. The predicted octanol–water partition coefficient (Wildman–Crippen LogP) is 6.62. The van der Waals surface area contributed by atoms with Gasteiger partial charge in [0.15, 0.2) is 11.6 Å². The Morgan fingerprint density at radius 3 is 2.33 bits per heavy atom. The van der Waals surface area contributed by atoms with Crippen LogP contribution in [0.4, 0.5) is 4.39 Å². The monoisotopic (exact) mass is 364 g/mol. The molecule has 0 unspecified atom stereocenters. The second kappa shape index (κ2) is 8.26. The van der Waals surface area contributed by atoms with E-state index in [1.807, 2.05) is 48.5 Å². The summed E-state index contributed by atoms with van der Waals surface area (Å²) < 4.78 is 19.8. The highest BCUT2D eigenvalue weighted by Gasteiger charge is 2.20. The first-order valence-electron chi connectivity index (χ1n) is 9.25. The van der Waals surface area contributed by atoms with Gasteiger partial charge < -0.3 is 9.84 Å². The number of hydrogen-bond donors (Lipinski definition) is 1. The van der Waals surface area contributed by atoms with E-state index in [-0.39, 0.29) is 22.7 Å². The first-order valence-corrected chi connectivity index (χ1v) is 9.25. The summed E-state index contributed by atoms with van der Waals surface area (Å²) in [6.07, 6.45) is 2.82. The van der Waals surface area contributed by atoms with Crippen LogP contribution in [0.5, 0.6) is 17.2 Å². The Labute approximate surface area is 160 Å². The van der Waals surface area contributed by atoms with Crippen LogP contribution in [-0.4, -0.2) is 5.11 Å². The standard InChI is InChI=1S/C24H25FO2/c1-24(2,19-11-13-20(26)14-12-19)16-6-7-18-10-15-22(25)23(17-18)27-21-8-4-3-5-9-21/h3-5,8-15,17,26H,6-7,16H2,1-2H3. The molecular weight excluding hydrogens is 339 g/mol. The minimum absolute atomic E-state index is 0.0110. The zero-order valence-corrected chi connectivity index (χ0v) is 15.8. The van der Waals surface area contributed by atoms with E-state index in [1.54, 1.807) is 18.2 Å². The van der Waals surface area contributed by atoms with Crippen molar-refractivity contribution in [1.29, 1.82) is 0 Å². The Morgan fingerprint density at radius 1 is 0.926 bits per heavy atom. The quantitative estimate of drug-likeness (QED) is 0.510. The van der Waals surface area contributed by atoms with Crippen LogP contribution < -0.4 is 4.74 Å². The van der Waals surface area contributed by atoms with E-state index in [0.29, 0.717) is 5.75 Å². The average Bonchev–Trinajstić information content (AvgIpc) is 2.65. The molecule has 2 nitrogen and oxygen atoms in total. The third-order valence-electron chi connectivity index (χ3n) is 4.88. The second-order valence-electron chi connectivity index (χ2n) is 7.46. The van der Waals surface area contributed by atoms with Crippen molar-refractivity contribution in [2.45, 2.75) is 38.5 Å². The number of aryl methyl sites for hydroxylation is 1. The van der Waals surface area contributed by atoms with E-state index in [2.05, 4.69) is 13.8 Å². The number of ether oxygens (including phenoxy) is 1. The Hall–Kier alpha value is -2.81. The van der Waals surface area contributed by atoms with Gasteiger partial charge in [-0.1, -0.05) is 50.2 Å². The van der Waals surface area contributed by atoms with Gasteiger partial charge in [0.2, 0.25) is 0 Å². The van der Waals surface area contributed by atoms with Crippen molar-refractivity contribution in [2.24, 2.45) is 0 Å². The lowest BCUT2D eigenvalue weighted by molar-refractivity contribution is 0.439. The fourth-order valence-corrected chi connectivity index (χ4v) is 3.19. The van der Waals surface area contributed by atoms with E-state index < -0.39 is 0 Å². The fourth-order valence-electron chi connectivity index (χ4n) is 3.19. The van der Waals surface area contributed by atoms with Gasteiger partial charge in [-0.25, -0.2) is 4.39 Å². The fraction of sp³-hybridized carbons (Fsp3) is 0.250. The normalized spacial score (nSPS) is 11.4. The van der Waals surface area contributed by atoms with Gasteiger partial charge in [-0.05, 0) is 72.2 Å². The lowest BCUT2D eigenvalue weighted by Gasteiger charge is -2.25. The maximum absolute atomic E-state index is 14.1. The van der Waals surface area contributed by atoms with E-state index in [0.717, 1.165) is 24.8 Å². The molecule has 3 aromatic rings. The molecule has 0 aliphatic heterocycles. The molecule has 0 saturated carbocycles. The summed E-state index contributed by atoms with van der Waals surface area (Å²) in [4.78, 5) is 0. The third kappa shape index (κ3) is 5.10. The lowest BCUT2D eigenvalue weighted by atomic mass is 9.80. The molecule has 0 fully saturated rings. The molecule has 0 atom stereocenters. The highest BCUT2D eigenvalue weighted by atomic mass is 19.1. The molecule has 0 saturated heterocycles. The summed E-state index contributed by atoms with van der Waals surface area (Å²) >= 11 is 0. The van der Waals surface area contributed by atoms with Crippen molar-refractivity contribution in [3.8, 4) is 17.2 Å². The van der Waals surface area contributed by atoms with Gasteiger partial charge in [0, 0.05) is 0 Å². The zero-order valence-electron chi connectivity index (χ0n) is 15.8. The maximum Gasteiger partial charge on any atom is 0.165 e. The summed E-state index contributed by atoms with van der Waals surface area (Å²) in [6, 6.07) is 21.7. The molecule has 0 aromatic heterocycles.